The Labute approximate surface area is 155 Å². The molecule has 4 heteroatoms. The Morgan fingerprint density at radius 2 is 1.69 bits per heavy atom. The van der Waals surface area contributed by atoms with Crippen molar-refractivity contribution in [1.29, 1.82) is 0 Å². The van der Waals surface area contributed by atoms with E-state index in [0.29, 0.717) is 0 Å². The van der Waals surface area contributed by atoms with E-state index in [9.17, 15) is 0 Å². The number of benzene rings is 1. The van der Waals surface area contributed by atoms with Gasteiger partial charge in [0.2, 0.25) is 0 Å². The number of fused-ring (bicyclic) bond motifs is 1. The third-order valence-corrected chi connectivity index (χ3v) is 4.15. The van der Waals surface area contributed by atoms with Crippen molar-refractivity contribution in [2.24, 2.45) is 11.5 Å². The van der Waals surface area contributed by atoms with E-state index in [0.717, 1.165) is 33.0 Å². The van der Waals surface area contributed by atoms with Crippen LogP contribution in [-0.2, 0) is 0 Å². The third-order valence-electron chi connectivity index (χ3n) is 4.15. The van der Waals surface area contributed by atoms with Gasteiger partial charge in [0.25, 0.3) is 0 Å². The smallest absolute Gasteiger partial charge is 0.0464 e. The topological polar surface area (TPSA) is 83.6 Å². The number of rotatable bonds is 2. The van der Waals surface area contributed by atoms with Crippen molar-refractivity contribution in [2.75, 3.05) is 14.1 Å². The molecule has 2 heterocycles. The molecule has 26 heavy (non-hydrogen) atoms. The first-order valence-corrected chi connectivity index (χ1v) is 8.50. The van der Waals surface area contributed by atoms with Crippen LogP contribution in [-0.4, -0.2) is 24.1 Å². The Morgan fingerprint density at radius 1 is 1.04 bits per heavy atom. The van der Waals surface area contributed by atoms with Crippen LogP contribution in [0.3, 0.4) is 0 Å². The first-order valence-electron chi connectivity index (χ1n) is 8.50. The van der Waals surface area contributed by atoms with E-state index in [4.69, 9.17) is 0 Å². The van der Waals surface area contributed by atoms with Crippen LogP contribution in [0.5, 0.6) is 0 Å². The summed E-state index contributed by atoms with van der Waals surface area (Å²) in [7, 11) is 3.00. The first kappa shape index (κ1) is 21.3. The Balaban J connectivity index is 0.000000791. The van der Waals surface area contributed by atoms with Crippen molar-refractivity contribution in [3.8, 4) is 0 Å². The fourth-order valence-electron chi connectivity index (χ4n) is 2.94. The van der Waals surface area contributed by atoms with Gasteiger partial charge in [-0.3, -0.25) is 0 Å². The number of aromatic amines is 2. The lowest BCUT2D eigenvalue weighted by Crippen LogP contribution is -2.20. The highest BCUT2D eigenvalue weighted by Crippen LogP contribution is 2.19. The Morgan fingerprint density at radius 3 is 2.31 bits per heavy atom. The summed E-state index contributed by atoms with van der Waals surface area (Å²) in [5.74, 6) is 0. The zero-order valence-corrected chi connectivity index (χ0v) is 16.5. The third kappa shape index (κ3) is 4.24. The molecule has 1 aromatic carbocycles. The lowest BCUT2D eigenvalue weighted by molar-refractivity contribution is 1.24. The number of nitrogens with one attached hydrogen (secondary N) is 2. The van der Waals surface area contributed by atoms with Crippen LogP contribution in [0, 0.1) is 20.8 Å². The van der Waals surface area contributed by atoms with Crippen molar-refractivity contribution in [2.45, 2.75) is 20.8 Å². The molecule has 138 valence electrons. The maximum Gasteiger partial charge on any atom is 0.0464 e. The summed E-state index contributed by atoms with van der Waals surface area (Å²) in [6.45, 7) is 14.1. The van der Waals surface area contributed by atoms with Crippen molar-refractivity contribution in [1.82, 2.24) is 9.97 Å². The van der Waals surface area contributed by atoms with Gasteiger partial charge in [-0.1, -0.05) is 24.8 Å². The maximum absolute atomic E-state index is 4.50. The Kier molecular flexibility index (Phi) is 7.88. The molecule has 4 nitrogen and oxygen atoms in total. The molecular weight excluding hydrogens is 320 g/mol. The molecule has 0 aliphatic rings. The number of hydrogen-bond acceptors (Lipinski definition) is 2. The molecule has 0 amide bonds. The monoisotopic (exact) mass is 350 g/mol. The van der Waals surface area contributed by atoms with Gasteiger partial charge in [0.15, 0.2) is 0 Å². The quantitative estimate of drug-likeness (QED) is 0.536. The van der Waals surface area contributed by atoms with Crippen LogP contribution in [0.2, 0.25) is 0 Å². The normalized spacial score (nSPS) is 10.5. The van der Waals surface area contributed by atoms with Gasteiger partial charge < -0.3 is 21.4 Å². The van der Waals surface area contributed by atoms with Crippen LogP contribution in [0.4, 0.5) is 0 Å². The maximum atomic E-state index is 4.50. The largest absolute Gasteiger partial charge is 0.358 e. The van der Waals surface area contributed by atoms with Crippen molar-refractivity contribution < 1.29 is 0 Å². The minimum absolute atomic E-state index is 0.938. The molecular formula is C22H30N4. The molecule has 0 aliphatic heterocycles. The molecule has 0 unspecified atom stereocenters. The van der Waals surface area contributed by atoms with E-state index in [1.54, 1.807) is 0 Å². The predicted octanol–water partition coefficient (Wildman–Crippen LogP) is 2.61. The van der Waals surface area contributed by atoms with Crippen molar-refractivity contribution in [3.63, 3.8) is 0 Å². The molecule has 0 fully saturated rings. The van der Waals surface area contributed by atoms with Crippen LogP contribution >= 0.6 is 0 Å². The van der Waals surface area contributed by atoms with Gasteiger partial charge in [0.05, 0.1) is 0 Å². The summed E-state index contributed by atoms with van der Waals surface area (Å²) >= 11 is 0. The zero-order chi connectivity index (χ0) is 19.9. The van der Waals surface area contributed by atoms with Gasteiger partial charge in [0.1, 0.15) is 0 Å². The summed E-state index contributed by atoms with van der Waals surface area (Å²) in [6.07, 6.45) is 4.09. The van der Waals surface area contributed by atoms with Gasteiger partial charge in [-0.05, 0) is 64.7 Å². The van der Waals surface area contributed by atoms with E-state index < -0.39 is 0 Å². The zero-order valence-electron chi connectivity index (χ0n) is 16.5. The second-order valence-corrected chi connectivity index (χ2v) is 5.76. The fraction of sp³-hybridized carbons (Fsp3) is 0.227. The molecule has 0 radical (unpaired) electrons. The molecule has 3 aromatic rings. The molecule has 0 saturated heterocycles. The van der Waals surface area contributed by atoms with Crippen LogP contribution < -0.4 is 22.0 Å². The number of aryl methyl sites for hydroxylation is 2. The fourth-order valence-corrected chi connectivity index (χ4v) is 2.94. The van der Waals surface area contributed by atoms with Crippen molar-refractivity contribution in [3.05, 3.63) is 69.2 Å². The lowest BCUT2D eigenvalue weighted by Gasteiger charge is -1.94. The molecule has 2 aromatic heterocycles. The summed E-state index contributed by atoms with van der Waals surface area (Å²) in [5, 5.41) is 3.28. The lowest BCUT2D eigenvalue weighted by atomic mass is 10.1. The number of nitrogens with two attached hydrogens (primary N) is 2. The highest BCUT2D eigenvalue weighted by molar-refractivity contribution is 5.83. The van der Waals surface area contributed by atoms with E-state index in [-0.39, 0.29) is 0 Å². The number of aromatic nitrogens is 2. The van der Waals surface area contributed by atoms with Crippen molar-refractivity contribution >= 4 is 29.6 Å². The summed E-state index contributed by atoms with van der Waals surface area (Å²) in [4.78, 5) is 6.80. The highest BCUT2D eigenvalue weighted by atomic mass is 14.7. The average molecular weight is 351 g/mol. The Bertz CT molecular complexity index is 1030. The minimum atomic E-state index is 0.938. The van der Waals surface area contributed by atoms with E-state index in [2.05, 4.69) is 85.4 Å². The number of H-pyrrole nitrogens is 2. The van der Waals surface area contributed by atoms with E-state index in [1.807, 2.05) is 6.08 Å². The summed E-state index contributed by atoms with van der Waals surface area (Å²) < 4.78 is 0. The van der Waals surface area contributed by atoms with Gasteiger partial charge in [0, 0.05) is 38.4 Å². The SMILES string of the molecule is C=C=Cc1c(C)[nH]c(/C=c2\c(=C)[nH]c3ccc(C)cc23)c1C.CN.CN. The van der Waals surface area contributed by atoms with Crippen LogP contribution in [0.1, 0.15) is 28.1 Å². The molecule has 0 saturated carbocycles. The van der Waals surface area contributed by atoms with Crippen LogP contribution in [0.15, 0.2) is 30.5 Å². The van der Waals surface area contributed by atoms with Gasteiger partial charge in [-0.2, -0.15) is 0 Å². The van der Waals surface area contributed by atoms with Crippen LogP contribution in [0.25, 0.3) is 29.6 Å². The highest BCUT2D eigenvalue weighted by Gasteiger charge is 2.08. The molecule has 0 spiro atoms. The molecule has 0 aliphatic carbocycles. The standard InChI is InChI=1S/C20H20N2.2CH5N/c1-6-7-16-13(3)20(22-14(16)4)11-17-15(5)21-19-9-8-12(2)10-18(17)19;2*1-2/h7-11,21-22H,1,5H2,2-4H3;2*2H2,1H3/b17-11+;;. The Hall–Kier alpha value is -2.78. The molecule has 0 bridgehead atoms. The van der Waals surface area contributed by atoms with Gasteiger partial charge >= 0.3 is 0 Å². The molecule has 6 N–H and O–H groups in total. The second kappa shape index (κ2) is 9.64. The predicted molar refractivity (Wildman–Crippen MR) is 115 cm³/mol. The van der Waals surface area contributed by atoms with Gasteiger partial charge in [-0.25, -0.2) is 0 Å². The summed E-state index contributed by atoms with van der Waals surface area (Å²) in [6, 6.07) is 6.41. The van der Waals surface area contributed by atoms with E-state index in [1.165, 1.54) is 30.6 Å². The summed E-state index contributed by atoms with van der Waals surface area (Å²) in [5.41, 5.74) is 18.8. The average Bonchev–Trinajstić information content (AvgIpc) is 3.10. The molecule has 3 rings (SSSR count). The first-order chi connectivity index (χ1) is 12.5. The van der Waals surface area contributed by atoms with Gasteiger partial charge in [-0.15, -0.1) is 5.73 Å². The number of hydrogen-bond donors (Lipinski definition) is 4. The minimum Gasteiger partial charge on any atom is -0.358 e. The molecule has 0 atom stereocenters. The second-order valence-electron chi connectivity index (χ2n) is 5.76. The van der Waals surface area contributed by atoms with E-state index >= 15 is 0 Å².